The molecule has 0 atom stereocenters. The SMILES string of the molecule is O=C(/C=C/c1cccc(F)c1)c1ccc(F)cc1Cl. The highest BCUT2D eigenvalue weighted by molar-refractivity contribution is 6.34. The number of hydrogen-bond acceptors (Lipinski definition) is 1. The molecule has 0 aliphatic heterocycles. The number of halogens is 3. The van der Waals surface area contributed by atoms with Crippen LogP contribution in [0.5, 0.6) is 0 Å². The minimum absolute atomic E-state index is 0.0499. The fraction of sp³-hybridized carbons (Fsp3) is 0. The summed E-state index contributed by atoms with van der Waals surface area (Å²) in [5.74, 6) is -1.25. The van der Waals surface area contributed by atoms with Crippen LogP contribution in [0.2, 0.25) is 5.02 Å². The van der Waals surface area contributed by atoms with Gasteiger partial charge in [0.1, 0.15) is 11.6 Å². The lowest BCUT2D eigenvalue weighted by Crippen LogP contribution is -1.96. The molecule has 0 amide bonds. The summed E-state index contributed by atoms with van der Waals surface area (Å²) in [6, 6.07) is 9.38. The number of carbonyl (C=O) groups is 1. The van der Waals surface area contributed by atoms with E-state index in [-0.39, 0.29) is 22.2 Å². The van der Waals surface area contributed by atoms with Gasteiger partial charge in [-0.1, -0.05) is 29.8 Å². The quantitative estimate of drug-likeness (QED) is 0.596. The van der Waals surface area contributed by atoms with Crippen LogP contribution in [0.15, 0.2) is 48.5 Å². The van der Waals surface area contributed by atoms with Crippen LogP contribution in [0.4, 0.5) is 8.78 Å². The normalized spacial score (nSPS) is 10.9. The molecule has 0 fully saturated rings. The highest BCUT2D eigenvalue weighted by Crippen LogP contribution is 2.18. The van der Waals surface area contributed by atoms with E-state index in [0.29, 0.717) is 5.56 Å². The van der Waals surface area contributed by atoms with Crippen molar-refractivity contribution in [3.63, 3.8) is 0 Å². The summed E-state index contributed by atoms with van der Waals surface area (Å²) in [5, 5.41) is 0.0499. The maximum absolute atomic E-state index is 12.9. The molecular formula is C15H9ClF2O. The van der Waals surface area contributed by atoms with Crippen molar-refractivity contribution in [2.75, 3.05) is 0 Å². The molecule has 2 rings (SSSR count). The number of hydrogen-bond donors (Lipinski definition) is 0. The molecule has 0 heterocycles. The van der Waals surface area contributed by atoms with E-state index in [1.54, 1.807) is 12.1 Å². The summed E-state index contributed by atoms with van der Waals surface area (Å²) in [6.45, 7) is 0. The molecule has 0 aliphatic carbocycles. The van der Waals surface area contributed by atoms with Gasteiger partial charge in [-0.05, 0) is 42.0 Å². The summed E-state index contributed by atoms with van der Waals surface area (Å²) >= 11 is 5.78. The van der Waals surface area contributed by atoms with Gasteiger partial charge in [0.25, 0.3) is 0 Å². The Morgan fingerprint density at radius 2 is 1.79 bits per heavy atom. The van der Waals surface area contributed by atoms with E-state index in [1.807, 2.05) is 0 Å². The van der Waals surface area contributed by atoms with Gasteiger partial charge in [0.2, 0.25) is 0 Å². The zero-order valence-electron chi connectivity index (χ0n) is 9.74. The van der Waals surface area contributed by atoms with Gasteiger partial charge in [0, 0.05) is 5.56 Å². The van der Waals surface area contributed by atoms with E-state index in [4.69, 9.17) is 11.6 Å². The average molecular weight is 279 g/mol. The van der Waals surface area contributed by atoms with Gasteiger partial charge >= 0.3 is 0 Å². The lowest BCUT2D eigenvalue weighted by molar-refractivity contribution is 0.104. The van der Waals surface area contributed by atoms with Crippen LogP contribution in [-0.4, -0.2) is 5.78 Å². The van der Waals surface area contributed by atoms with Gasteiger partial charge in [-0.15, -0.1) is 0 Å². The molecule has 0 unspecified atom stereocenters. The van der Waals surface area contributed by atoms with Crippen LogP contribution in [0, 0.1) is 11.6 Å². The topological polar surface area (TPSA) is 17.1 Å². The van der Waals surface area contributed by atoms with Crippen molar-refractivity contribution < 1.29 is 13.6 Å². The van der Waals surface area contributed by atoms with Crippen molar-refractivity contribution in [1.29, 1.82) is 0 Å². The molecule has 0 spiro atoms. The first-order valence-electron chi connectivity index (χ1n) is 5.49. The molecule has 0 saturated heterocycles. The number of carbonyl (C=O) groups excluding carboxylic acids is 1. The zero-order valence-corrected chi connectivity index (χ0v) is 10.5. The maximum Gasteiger partial charge on any atom is 0.187 e. The third-order valence-corrected chi connectivity index (χ3v) is 2.79. The molecule has 0 bridgehead atoms. The van der Waals surface area contributed by atoms with Crippen LogP contribution >= 0.6 is 11.6 Å². The molecule has 96 valence electrons. The van der Waals surface area contributed by atoms with Crippen molar-refractivity contribution in [2.24, 2.45) is 0 Å². The molecule has 0 radical (unpaired) electrons. The Labute approximate surface area is 114 Å². The lowest BCUT2D eigenvalue weighted by atomic mass is 10.1. The summed E-state index contributed by atoms with van der Waals surface area (Å²) in [6.07, 6.45) is 2.75. The molecule has 2 aromatic carbocycles. The first kappa shape index (κ1) is 13.4. The maximum atomic E-state index is 12.9. The molecule has 0 N–H and O–H groups in total. The van der Waals surface area contributed by atoms with E-state index in [2.05, 4.69) is 0 Å². The van der Waals surface area contributed by atoms with Gasteiger partial charge in [-0.3, -0.25) is 4.79 Å². The fourth-order valence-corrected chi connectivity index (χ4v) is 1.82. The van der Waals surface area contributed by atoms with Crippen molar-refractivity contribution in [3.8, 4) is 0 Å². The van der Waals surface area contributed by atoms with Gasteiger partial charge < -0.3 is 0 Å². The van der Waals surface area contributed by atoms with E-state index < -0.39 is 5.82 Å². The molecule has 0 saturated carbocycles. The molecule has 19 heavy (non-hydrogen) atoms. The Hall–Kier alpha value is -2.00. The molecule has 4 heteroatoms. The molecule has 2 aromatic rings. The Bertz CT molecular complexity index is 650. The van der Waals surface area contributed by atoms with Gasteiger partial charge in [0.05, 0.1) is 5.02 Å². The van der Waals surface area contributed by atoms with E-state index in [0.717, 1.165) is 12.1 Å². The molecule has 0 aromatic heterocycles. The summed E-state index contributed by atoms with van der Waals surface area (Å²) in [5.41, 5.74) is 0.766. The van der Waals surface area contributed by atoms with Gasteiger partial charge in [-0.25, -0.2) is 8.78 Å². The average Bonchev–Trinajstić information content (AvgIpc) is 2.36. The van der Waals surface area contributed by atoms with Crippen molar-refractivity contribution in [2.45, 2.75) is 0 Å². The number of ketones is 1. The van der Waals surface area contributed by atoms with Crippen LogP contribution in [0.25, 0.3) is 6.08 Å². The monoisotopic (exact) mass is 278 g/mol. The highest BCUT2D eigenvalue weighted by Gasteiger charge is 2.08. The van der Waals surface area contributed by atoms with Crippen molar-refractivity contribution in [1.82, 2.24) is 0 Å². The Morgan fingerprint density at radius 3 is 2.47 bits per heavy atom. The molecule has 0 aliphatic rings. The standard InChI is InChI=1S/C15H9ClF2O/c16-14-9-12(18)5-6-13(14)15(19)7-4-10-2-1-3-11(17)8-10/h1-9H/b7-4+. The second-order valence-corrected chi connectivity index (χ2v) is 4.28. The van der Waals surface area contributed by atoms with Crippen LogP contribution in [0.1, 0.15) is 15.9 Å². The van der Waals surface area contributed by atoms with E-state index in [1.165, 1.54) is 30.4 Å². The summed E-state index contributed by atoms with van der Waals surface area (Å²) < 4.78 is 25.8. The van der Waals surface area contributed by atoms with Gasteiger partial charge in [-0.2, -0.15) is 0 Å². The largest absolute Gasteiger partial charge is 0.289 e. The fourth-order valence-electron chi connectivity index (χ4n) is 1.56. The van der Waals surface area contributed by atoms with Crippen LogP contribution in [0.3, 0.4) is 0 Å². The highest BCUT2D eigenvalue weighted by atomic mass is 35.5. The Morgan fingerprint density at radius 1 is 1.05 bits per heavy atom. The molecular weight excluding hydrogens is 270 g/mol. The minimum Gasteiger partial charge on any atom is -0.289 e. The lowest BCUT2D eigenvalue weighted by Gasteiger charge is -1.99. The van der Waals surface area contributed by atoms with Crippen molar-refractivity contribution >= 4 is 23.5 Å². The molecule has 1 nitrogen and oxygen atoms in total. The van der Waals surface area contributed by atoms with Gasteiger partial charge in [0.15, 0.2) is 5.78 Å². The summed E-state index contributed by atoms with van der Waals surface area (Å²) in [4.78, 5) is 11.8. The van der Waals surface area contributed by atoms with Crippen LogP contribution < -0.4 is 0 Å². The minimum atomic E-state index is -0.504. The Balaban J connectivity index is 2.21. The summed E-state index contributed by atoms with van der Waals surface area (Å²) in [7, 11) is 0. The number of benzene rings is 2. The van der Waals surface area contributed by atoms with Crippen molar-refractivity contribution in [3.05, 3.63) is 76.3 Å². The second-order valence-electron chi connectivity index (χ2n) is 3.88. The first-order valence-corrected chi connectivity index (χ1v) is 5.87. The third kappa shape index (κ3) is 3.48. The zero-order chi connectivity index (χ0) is 13.8. The third-order valence-electron chi connectivity index (χ3n) is 2.47. The van der Waals surface area contributed by atoms with E-state index in [9.17, 15) is 13.6 Å². The predicted octanol–water partition coefficient (Wildman–Crippen LogP) is 4.51. The smallest absolute Gasteiger partial charge is 0.187 e. The van der Waals surface area contributed by atoms with E-state index >= 15 is 0 Å². The number of allylic oxidation sites excluding steroid dienone is 1. The van der Waals surface area contributed by atoms with Crippen LogP contribution in [-0.2, 0) is 0 Å². The first-order chi connectivity index (χ1) is 9.06. The Kier molecular flexibility index (Phi) is 4.07. The predicted molar refractivity (Wildman–Crippen MR) is 71.2 cm³/mol. The second kappa shape index (κ2) is 5.76. The number of rotatable bonds is 3.